The lowest BCUT2D eigenvalue weighted by Crippen LogP contribution is -2.46. The first-order chi connectivity index (χ1) is 13.0. The lowest BCUT2D eigenvalue weighted by molar-refractivity contribution is -0.119. The van der Waals surface area contributed by atoms with Gasteiger partial charge in [-0.25, -0.2) is 0 Å². The monoisotopic (exact) mass is 501 g/mol. The fourth-order valence-corrected chi connectivity index (χ4v) is 3.69. The second-order valence-corrected chi connectivity index (χ2v) is 7.30. The fraction of sp³-hybridized carbons (Fsp3) is 0.619. The highest BCUT2D eigenvalue weighted by molar-refractivity contribution is 14.0. The molecule has 28 heavy (non-hydrogen) atoms. The normalized spacial score (nSPS) is 17.4. The molecule has 1 saturated heterocycles. The molecule has 1 amide bonds. The summed E-state index contributed by atoms with van der Waals surface area (Å²) in [7, 11) is 1.81. The largest absolute Gasteiger partial charge is 0.370 e. The predicted molar refractivity (Wildman–Crippen MR) is 127 cm³/mol. The van der Waals surface area contributed by atoms with Crippen LogP contribution in [0.5, 0.6) is 0 Å². The van der Waals surface area contributed by atoms with E-state index in [2.05, 4.69) is 58.2 Å². The average Bonchev–Trinajstić information content (AvgIpc) is 2.67. The summed E-state index contributed by atoms with van der Waals surface area (Å²) in [5, 5.41) is 3.46. The van der Waals surface area contributed by atoms with Crippen molar-refractivity contribution in [3.05, 3.63) is 35.4 Å². The van der Waals surface area contributed by atoms with Gasteiger partial charge in [0.25, 0.3) is 0 Å². The van der Waals surface area contributed by atoms with Crippen LogP contribution in [-0.4, -0.2) is 54.9 Å². The third-order valence-corrected chi connectivity index (χ3v) is 5.29. The molecule has 1 aromatic rings. The van der Waals surface area contributed by atoms with E-state index in [0.29, 0.717) is 12.3 Å². The number of hydrogen-bond donors (Lipinski definition) is 2. The Kier molecular flexibility index (Phi) is 11.4. The Morgan fingerprint density at radius 3 is 2.46 bits per heavy atom. The molecule has 1 heterocycles. The van der Waals surface area contributed by atoms with E-state index in [4.69, 9.17) is 5.73 Å². The lowest BCUT2D eigenvalue weighted by Gasteiger charge is -2.34. The summed E-state index contributed by atoms with van der Waals surface area (Å²) in [5.41, 5.74) is 7.95. The molecule has 1 unspecified atom stereocenters. The van der Waals surface area contributed by atoms with E-state index in [0.717, 1.165) is 58.1 Å². The summed E-state index contributed by atoms with van der Waals surface area (Å²) < 4.78 is 0. The number of halogens is 1. The molecular weight excluding hydrogens is 465 g/mol. The van der Waals surface area contributed by atoms with Gasteiger partial charge in [0.05, 0.1) is 0 Å². The highest BCUT2D eigenvalue weighted by atomic mass is 127. The molecule has 0 aromatic heterocycles. The van der Waals surface area contributed by atoms with E-state index in [1.807, 2.05) is 7.05 Å². The van der Waals surface area contributed by atoms with Gasteiger partial charge in [-0.3, -0.25) is 14.7 Å². The molecule has 0 saturated carbocycles. The van der Waals surface area contributed by atoms with E-state index in [1.165, 1.54) is 11.1 Å². The Morgan fingerprint density at radius 2 is 1.89 bits per heavy atom. The lowest BCUT2D eigenvalue weighted by atomic mass is 9.95. The quantitative estimate of drug-likeness (QED) is 0.327. The Hall–Kier alpha value is -1.35. The highest BCUT2D eigenvalue weighted by Crippen LogP contribution is 2.19. The number of piperidine rings is 1. The van der Waals surface area contributed by atoms with Crippen molar-refractivity contribution < 1.29 is 4.79 Å². The summed E-state index contributed by atoms with van der Waals surface area (Å²) in [5.74, 6) is 1.01. The molecule has 1 fully saturated rings. The van der Waals surface area contributed by atoms with Crippen molar-refractivity contribution in [1.29, 1.82) is 0 Å². The van der Waals surface area contributed by atoms with E-state index in [1.54, 1.807) is 0 Å². The van der Waals surface area contributed by atoms with E-state index < -0.39 is 0 Å². The SMILES string of the molecule is CCN(CC)Cc1ccc(CNC(=NC)N2CCCC(CC(N)=O)C2)cc1.I. The van der Waals surface area contributed by atoms with Gasteiger partial charge in [0, 0.05) is 39.6 Å². The average molecular weight is 501 g/mol. The molecule has 6 nitrogen and oxygen atoms in total. The van der Waals surface area contributed by atoms with Crippen molar-refractivity contribution in [3.63, 3.8) is 0 Å². The third kappa shape index (κ3) is 7.95. The van der Waals surface area contributed by atoms with Crippen molar-refractivity contribution in [2.45, 2.75) is 46.2 Å². The number of nitrogens with zero attached hydrogens (tertiary/aromatic N) is 3. The minimum Gasteiger partial charge on any atom is -0.370 e. The van der Waals surface area contributed by atoms with Crippen LogP contribution in [0.1, 0.15) is 44.2 Å². The summed E-state index contributed by atoms with van der Waals surface area (Å²) in [6, 6.07) is 8.79. The van der Waals surface area contributed by atoms with E-state index in [-0.39, 0.29) is 29.9 Å². The van der Waals surface area contributed by atoms with Crippen LogP contribution < -0.4 is 11.1 Å². The molecule has 0 spiro atoms. The maximum atomic E-state index is 11.2. The number of likely N-dealkylation sites (tertiary alicyclic amines) is 1. The second-order valence-electron chi connectivity index (χ2n) is 7.30. The van der Waals surface area contributed by atoms with Gasteiger partial charge < -0.3 is 16.0 Å². The summed E-state index contributed by atoms with van der Waals surface area (Å²) >= 11 is 0. The van der Waals surface area contributed by atoms with Crippen LogP contribution in [-0.2, 0) is 17.9 Å². The molecule has 1 atom stereocenters. The molecule has 2 rings (SSSR count). The van der Waals surface area contributed by atoms with Gasteiger partial charge in [-0.05, 0) is 43.0 Å². The minimum atomic E-state index is -0.213. The van der Waals surface area contributed by atoms with Gasteiger partial charge in [-0.15, -0.1) is 24.0 Å². The molecule has 7 heteroatoms. The van der Waals surface area contributed by atoms with Crippen molar-refractivity contribution in [2.75, 3.05) is 33.2 Å². The minimum absolute atomic E-state index is 0. The first-order valence-corrected chi connectivity index (χ1v) is 10.1. The number of carbonyl (C=O) groups is 1. The Morgan fingerprint density at radius 1 is 1.25 bits per heavy atom. The molecule has 158 valence electrons. The number of aliphatic imine (C=N–C) groups is 1. The molecule has 1 aromatic carbocycles. The smallest absolute Gasteiger partial charge is 0.217 e. The summed E-state index contributed by atoms with van der Waals surface area (Å²) in [6.07, 6.45) is 2.59. The van der Waals surface area contributed by atoms with Crippen molar-refractivity contribution in [2.24, 2.45) is 16.6 Å². The molecule has 3 N–H and O–H groups in total. The fourth-order valence-electron chi connectivity index (χ4n) is 3.69. The third-order valence-electron chi connectivity index (χ3n) is 5.29. The zero-order valence-electron chi connectivity index (χ0n) is 17.5. The van der Waals surface area contributed by atoms with E-state index >= 15 is 0 Å². The number of rotatable bonds is 8. The molecule has 1 aliphatic heterocycles. The zero-order valence-corrected chi connectivity index (χ0v) is 19.8. The van der Waals surface area contributed by atoms with Crippen LogP contribution in [0.3, 0.4) is 0 Å². The number of nitrogens with two attached hydrogens (primary N) is 1. The van der Waals surface area contributed by atoms with Crippen LogP contribution in [0.4, 0.5) is 0 Å². The van der Waals surface area contributed by atoms with Gasteiger partial charge in [-0.1, -0.05) is 38.1 Å². The van der Waals surface area contributed by atoms with Gasteiger partial charge >= 0.3 is 0 Å². The second kappa shape index (κ2) is 13.0. The van der Waals surface area contributed by atoms with Gasteiger partial charge in [0.1, 0.15) is 0 Å². The maximum Gasteiger partial charge on any atom is 0.217 e. The van der Waals surface area contributed by atoms with Gasteiger partial charge in [0.15, 0.2) is 5.96 Å². The topological polar surface area (TPSA) is 74.0 Å². The number of primary amides is 1. The van der Waals surface area contributed by atoms with Crippen LogP contribution in [0.2, 0.25) is 0 Å². The Bertz CT molecular complexity index is 616. The number of nitrogens with one attached hydrogen (secondary N) is 1. The van der Waals surface area contributed by atoms with E-state index in [9.17, 15) is 4.79 Å². The molecule has 0 aliphatic carbocycles. The summed E-state index contributed by atoms with van der Waals surface area (Å²) in [4.78, 5) is 20.3. The van der Waals surface area contributed by atoms with Crippen LogP contribution in [0.15, 0.2) is 29.3 Å². The molecule has 0 radical (unpaired) electrons. The first kappa shape index (κ1) is 24.7. The van der Waals surface area contributed by atoms with Crippen molar-refractivity contribution in [3.8, 4) is 0 Å². The number of guanidine groups is 1. The number of carbonyl (C=O) groups excluding carboxylic acids is 1. The summed E-state index contributed by atoms with van der Waals surface area (Å²) in [6.45, 7) is 10.1. The first-order valence-electron chi connectivity index (χ1n) is 10.1. The highest BCUT2D eigenvalue weighted by Gasteiger charge is 2.23. The van der Waals surface area contributed by atoms with Gasteiger partial charge in [0.2, 0.25) is 5.91 Å². The van der Waals surface area contributed by atoms with Crippen LogP contribution >= 0.6 is 24.0 Å². The van der Waals surface area contributed by atoms with Crippen molar-refractivity contribution >= 4 is 35.8 Å². The number of amides is 1. The number of hydrogen-bond acceptors (Lipinski definition) is 3. The Labute approximate surface area is 187 Å². The van der Waals surface area contributed by atoms with Gasteiger partial charge in [-0.2, -0.15) is 0 Å². The predicted octanol–water partition coefficient (Wildman–Crippen LogP) is 2.81. The standard InChI is InChI=1S/C21H35N5O.HI/c1-4-25(5-2)15-18-10-8-17(9-11-18)14-24-21(23-3)26-12-6-7-19(16-26)13-20(22)27;/h8-11,19H,4-7,12-16H2,1-3H3,(H2,22,27)(H,23,24);1H. The molecule has 0 bridgehead atoms. The molecular formula is C21H36IN5O. The van der Waals surface area contributed by atoms with Crippen LogP contribution in [0.25, 0.3) is 0 Å². The Balaban J connectivity index is 0.00000392. The van der Waals surface area contributed by atoms with Crippen LogP contribution in [0, 0.1) is 5.92 Å². The molecule has 1 aliphatic rings. The maximum absolute atomic E-state index is 11.2. The zero-order chi connectivity index (χ0) is 19.6. The van der Waals surface area contributed by atoms with Crippen molar-refractivity contribution in [1.82, 2.24) is 15.1 Å². The number of benzene rings is 1.